The fourth-order valence-electron chi connectivity index (χ4n) is 2.88. The smallest absolute Gasteiger partial charge is 0.276 e. The van der Waals surface area contributed by atoms with E-state index in [0.29, 0.717) is 11.4 Å². The Morgan fingerprint density at radius 2 is 1.62 bits per heavy atom. The Bertz CT molecular complexity index is 1170. The Balaban J connectivity index is 1.27. The number of nitrogens with zero attached hydrogens (tertiary/aromatic N) is 4. The summed E-state index contributed by atoms with van der Waals surface area (Å²) in [7, 11) is 0. The van der Waals surface area contributed by atoms with Crippen LogP contribution in [0.5, 0.6) is 11.5 Å². The summed E-state index contributed by atoms with van der Waals surface area (Å²) in [6.07, 6.45) is 5.81. The lowest BCUT2D eigenvalue weighted by atomic mass is 10.2. The van der Waals surface area contributed by atoms with Crippen LogP contribution >= 0.6 is 0 Å². The molecule has 0 fully saturated rings. The summed E-state index contributed by atoms with van der Waals surface area (Å²) in [5.41, 5.74) is 2.00. The van der Waals surface area contributed by atoms with E-state index < -0.39 is 0 Å². The van der Waals surface area contributed by atoms with Crippen LogP contribution in [-0.4, -0.2) is 25.5 Å². The van der Waals surface area contributed by atoms with Gasteiger partial charge >= 0.3 is 0 Å². The van der Waals surface area contributed by atoms with Crippen LogP contribution in [-0.2, 0) is 19.9 Å². The molecule has 0 aliphatic rings. The number of carbonyl (C=O) groups is 1. The Morgan fingerprint density at radius 3 is 2.31 bits per heavy atom. The molecule has 2 aromatic heterocycles. The van der Waals surface area contributed by atoms with Gasteiger partial charge in [-0.25, -0.2) is 13.8 Å². The number of amides is 1. The largest absolute Gasteiger partial charge is 0.471 e. The Labute approximate surface area is 184 Å². The third-order valence-electron chi connectivity index (χ3n) is 4.64. The molecule has 9 heteroatoms. The highest BCUT2D eigenvalue weighted by atomic mass is 19.1. The molecule has 0 aliphatic heterocycles. The predicted molar refractivity (Wildman–Crippen MR) is 116 cm³/mol. The van der Waals surface area contributed by atoms with E-state index in [0.717, 1.165) is 12.2 Å². The molecule has 4 rings (SSSR count). The molecule has 4 aromatic rings. The molecule has 0 spiro atoms. The zero-order valence-corrected chi connectivity index (χ0v) is 17.4. The molecule has 164 valence electrons. The summed E-state index contributed by atoms with van der Waals surface area (Å²) in [5.74, 6) is 0.539. The van der Waals surface area contributed by atoms with Gasteiger partial charge in [-0.3, -0.25) is 4.79 Å². The van der Waals surface area contributed by atoms with Gasteiger partial charge in [0.25, 0.3) is 5.91 Å². The summed E-state index contributed by atoms with van der Waals surface area (Å²) in [5, 5.41) is 11.1. The predicted octanol–water partition coefficient (Wildman–Crippen LogP) is 4.11. The number of aromatic nitrogens is 4. The number of benzene rings is 2. The van der Waals surface area contributed by atoms with Gasteiger partial charge in [-0.2, -0.15) is 10.2 Å². The molecule has 0 saturated heterocycles. The fourth-order valence-corrected chi connectivity index (χ4v) is 2.88. The van der Waals surface area contributed by atoms with E-state index in [1.807, 2.05) is 24.3 Å². The van der Waals surface area contributed by atoms with Crippen molar-refractivity contribution >= 4 is 11.6 Å². The lowest BCUT2D eigenvalue weighted by Gasteiger charge is -2.06. The van der Waals surface area contributed by atoms with Crippen LogP contribution in [0.2, 0.25) is 0 Å². The zero-order valence-electron chi connectivity index (χ0n) is 17.4. The van der Waals surface area contributed by atoms with E-state index in [2.05, 4.69) is 22.4 Å². The van der Waals surface area contributed by atoms with Crippen LogP contribution in [0.25, 0.3) is 0 Å². The first kappa shape index (κ1) is 21.1. The second-order valence-electron chi connectivity index (χ2n) is 6.96. The second-order valence-corrected chi connectivity index (χ2v) is 6.96. The van der Waals surface area contributed by atoms with Crippen molar-refractivity contribution in [2.24, 2.45) is 0 Å². The summed E-state index contributed by atoms with van der Waals surface area (Å²) >= 11 is 0. The highest BCUT2D eigenvalue weighted by molar-refractivity contribution is 6.02. The van der Waals surface area contributed by atoms with Crippen LogP contribution < -0.4 is 14.8 Å². The van der Waals surface area contributed by atoms with Gasteiger partial charge in [0.1, 0.15) is 17.3 Å². The van der Waals surface area contributed by atoms with Gasteiger partial charge in [0, 0.05) is 6.20 Å². The number of halogens is 1. The number of aryl methyl sites for hydroxylation is 1. The molecule has 0 atom stereocenters. The van der Waals surface area contributed by atoms with Gasteiger partial charge in [0.05, 0.1) is 18.1 Å². The average Bonchev–Trinajstić information content (AvgIpc) is 3.47. The van der Waals surface area contributed by atoms with E-state index in [1.165, 1.54) is 40.7 Å². The van der Waals surface area contributed by atoms with Crippen molar-refractivity contribution in [1.29, 1.82) is 0 Å². The maximum absolute atomic E-state index is 12.9. The van der Waals surface area contributed by atoms with Gasteiger partial charge in [-0.05, 0) is 54.4 Å². The number of carbonyl (C=O) groups excluding carboxylic acids is 1. The van der Waals surface area contributed by atoms with E-state index in [9.17, 15) is 9.18 Å². The molecule has 2 heterocycles. The van der Waals surface area contributed by atoms with Crippen molar-refractivity contribution in [3.63, 3.8) is 0 Å². The standard InChI is InChI=1S/C23H22FN5O3/c1-2-17-3-7-20(8-4-17)32-16-29-14-19(13-25-29)26-23(30)22-11-12-28(27-22)15-31-21-9-5-18(24)6-10-21/h3-14H,2,15-16H2,1H3,(H,26,30). The van der Waals surface area contributed by atoms with Crippen LogP contribution in [0.4, 0.5) is 10.1 Å². The van der Waals surface area contributed by atoms with Crippen molar-refractivity contribution in [3.8, 4) is 11.5 Å². The van der Waals surface area contributed by atoms with Crippen molar-refractivity contribution in [1.82, 2.24) is 19.6 Å². The number of anilines is 1. The third kappa shape index (κ3) is 5.51. The number of hydrogen-bond acceptors (Lipinski definition) is 5. The minimum Gasteiger partial charge on any atom is -0.471 e. The molecule has 1 N–H and O–H groups in total. The van der Waals surface area contributed by atoms with Gasteiger partial charge in [-0.1, -0.05) is 19.1 Å². The van der Waals surface area contributed by atoms with E-state index >= 15 is 0 Å². The molecular formula is C23H22FN5O3. The third-order valence-corrected chi connectivity index (χ3v) is 4.64. The topological polar surface area (TPSA) is 83.2 Å². The monoisotopic (exact) mass is 435 g/mol. The lowest BCUT2D eigenvalue weighted by molar-refractivity contribution is 0.102. The minimum atomic E-state index is -0.374. The molecular weight excluding hydrogens is 413 g/mol. The Kier molecular flexibility index (Phi) is 6.45. The second kappa shape index (κ2) is 9.78. The van der Waals surface area contributed by atoms with Gasteiger partial charge < -0.3 is 14.8 Å². The maximum atomic E-state index is 12.9. The van der Waals surface area contributed by atoms with Crippen LogP contribution in [0.1, 0.15) is 23.0 Å². The fraction of sp³-hybridized carbons (Fsp3) is 0.174. The molecule has 0 aliphatic carbocycles. The van der Waals surface area contributed by atoms with Gasteiger partial charge in [0.2, 0.25) is 0 Å². The molecule has 1 amide bonds. The van der Waals surface area contributed by atoms with Crippen molar-refractivity contribution in [2.45, 2.75) is 26.8 Å². The molecule has 0 saturated carbocycles. The summed E-state index contributed by atoms with van der Waals surface area (Å²) in [6, 6.07) is 15.1. The summed E-state index contributed by atoms with van der Waals surface area (Å²) in [4.78, 5) is 12.5. The highest BCUT2D eigenvalue weighted by Gasteiger charge is 2.11. The average molecular weight is 435 g/mol. The quantitative estimate of drug-likeness (QED) is 0.428. The van der Waals surface area contributed by atoms with E-state index in [4.69, 9.17) is 9.47 Å². The first-order valence-corrected chi connectivity index (χ1v) is 10.1. The van der Waals surface area contributed by atoms with Crippen molar-refractivity contribution in [2.75, 3.05) is 5.32 Å². The van der Waals surface area contributed by atoms with E-state index in [1.54, 1.807) is 23.1 Å². The first-order valence-electron chi connectivity index (χ1n) is 10.1. The van der Waals surface area contributed by atoms with Crippen molar-refractivity contribution < 1.29 is 18.7 Å². The normalized spacial score (nSPS) is 10.7. The molecule has 0 radical (unpaired) electrons. The minimum absolute atomic E-state index is 0.0907. The summed E-state index contributed by atoms with van der Waals surface area (Å²) in [6.45, 7) is 2.41. The Morgan fingerprint density at radius 1 is 0.969 bits per heavy atom. The highest BCUT2D eigenvalue weighted by Crippen LogP contribution is 2.14. The SMILES string of the molecule is CCc1ccc(OCn2cc(NC(=O)c3ccn(COc4ccc(F)cc4)n3)cn2)cc1. The van der Waals surface area contributed by atoms with Crippen LogP contribution in [0.3, 0.4) is 0 Å². The molecule has 8 nitrogen and oxygen atoms in total. The van der Waals surface area contributed by atoms with Crippen molar-refractivity contribution in [3.05, 3.63) is 90.3 Å². The number of rotatable bonds is 9. The lowest BCUT2D eigenvalue weighted by Crippen LogP contribution is -2.14. The number of ether oxygens (including phenoxy) is 2. The first-order chi connectivity index (χ1) is 15.6. The Hall–Kier alpha value is -4.14. The molecule has 2 aromatic carbocycles. The number of hydrogen-bond donors (Lipinski definition) is 1. The van der Waals surface area contributed by atoms with Gasteiger partial charge in [0.15, 0.2) is 19.2 Å². The van der Waals surface area contributed by atoms with Crippen LogP contribution in [0, 0.1) is 5.82 Å². The molecule has 0 unspecified atom stereocenters. The molecule has 0 bridgehead atoms. The molecule has 32 heavy (non-hydrogen) atoms. The van der Waals surface area contributed by atoms with Gasteiger partial charge in [-0.15, -0.1) is 0 Å². The summed E-state index contributed by atoms with van der Waals surface area (Å²) < 4.78 is 27.2. The number of nitrogens with one attached hydrogen (secondary N) is 1. The maximum Gasteiger partial charge on any atom is 0.276 e. The van der Waals surface area contributed by atoms with E-state index in [-0.39, 0.29) is 30.9 Å². The zero-order chi connectivity index (χ0) is 22.3. The van der Waals surface area contributed by atoms with Crippen LogP contribution in [0.15, 0.2) is 73.2 Å².